The number of nitrogens with one attached hydrogen (secondary N) is 2. The van der Waals surface area contributed by atoms with Crippen LogP contribution >= 0.6 is 11.3 Å². The fourth-order valence-corrected chi connectivity index (χ4v) is 6.12. The van der Waals surface area contributed by atoms with Crippen molar-refractivity contribution >= 4 is 37.4 Å². The van der Waals surface area contributed by atoms with Crippen LogP contribution in [0, 0.1) is 13.8 Å². The van der Waals surface area contributed by atoms with Gasteiger partial charge >= 0.3 is 0 Å². The Balaban J connectivity index is 1.56. The first-order chi connectivity index (χ1) is 10.4. The summed E-state index contributed by atoms with van der Waals surface area (Å²) >= 11 is 1.66. The number of hydrogen-bond donors (Lipinski definition) is 2. The molecule has 1 aliphatic heterocycles. The molecule has 1 saturated carbocycles. The lowest BCUT2D eigenvalue weighted by molar-refractivity contribution is 0.581. The number of rotatable bonds is 3. The second kappa shape index (κ2) is 4.62. The van der Waals surface area contributed by atoms with Crippen molar-refractivity contribution in [2.24, 2.45) is 0 Å². The van der Waals surface area contributed by atoms with E-state index in [2.05, 4.69) is 33.9 Å². The standard InChI is InChI=1S/C14H18N4O2S2/c1-8-9(2)21-13-11(8)12(16-7-17-13)15-6-10-5-14(3-4-14)22(19,20)18-10/h7,10,18H,3-6H2,1-2H3,(H,15,16,17). The number of thiophene rings is 1. The molecule has 6 nitrogen and oxygen atoms in total. The van der Waals surface area contributed by atoms with Gasteiger partial charge in [-0.1, -0.05) is 0 Å². The lowest BCUT2D eigenvalue weighted by atomic mass is 10.1. The molecule has 4 rings (SSSR count). The van der Waals surface area contributed by atoms with Crippen LogP contribution < -0.4 is 10.0 Å². The Labute approximate surface area is 133 Å². The minimum atomic E-state index is -3.13. The number of sulfonamides is 1. The predicted octanol–water partition coefficient (Wildman–Crippen LogP) is 1.94. The smallest absolute Gasteiger partial charge is 0.217 e. The zero-order valence-corrected chi connectivity index (χ0v) is 14.1. The number of aryl methyl sites for hydroxylation is 2. The van der Waals surface area contributed by atoms with Gasteiger partial charge < -0.3 is 5.32 Å². The van der Waals surface area contributed by atoms with E-state index in [1.165, 1.54) is 10.4 Å². The third-order valence-corrected chi connectivity index (χ3v) is 8.27. The van der Waals surface area contributed by atoms with Crippen LogP contribution in [0.25, 0.3) is 10.2 Å². The molecule has 1 spiro atoms. The highest BCUT2D eigenvalue weighted by atomic mass is 32.2. The van der Waals surface area contributed by atoms with Crippen molar-refractivity contribution < 1.29 is 8.42 Å². The van der Waals surface area contributed by atoms with E-state index in [9.17, 15) is 8.42 Å². The molecule has 118 valence electrons. The first-order valence-electron chi connectivity index (χ1n) is 7.38. The highest BCUT2D eigenvalue weighted by Gasteiger charge is 2.60. The normalized spacial score (nSPS) is 24.9. The van der Waals surface area contributed by atoms with E-state index < -0.39 is 14.8 Å². The summed E-state index contributed by atoms with van der Waals surface area (Å²) in [6.45, 7) is 4.70. The number of aromatic nitrogens is 2. The monoisotopic (exact) mass is 338 g/mol. The highest BCUT2D eigenvalue weighted by Crippen LogP contribution is 2.50. The molecular weight excluding hydrogens is 320 g/mol. The molecule has 1 aliphatic carbocycles. The van der Waals surface area contributed by atoms with Crippen molar-refractivity contribution in [2.45, 2.75) is 43.9 Å². The molecule has 8 heteroatoms. The van der Waals surface area contributed by atoms with Crippen molar-refractivity contribution in [1.82, 2.24) is 14.7 Å². The molecule has 0 radical (unpaired) electrons. The van der Waals surface area contributed by atoms with Crippen LogP contribution in [0.3, 0.4) is 0 Å². The molecule has 0 amide bonds. The van der Waals surface area contributed by atoms with Crippen molar-refractivity contribution in [2.75, 3.05) is 11.9 Å². The molecule has 0 aromatic carbocycles. The number of anilines is 1. The van der Waals surface area contributed by atoms with Crippen molar-refractivity contribution in [1.29, 1.82) is 0 Å². The summed E-state index contributed by atoms with van der Waals surface area (Å²) in [5.74, 6) is 0.794. The van der Waals surface area contributed by atoms with E-state index in [4.69, 9.17) is 0 Å². The minimum absolute atomic E-state index is 0.0578. The first kappa shape index (κ1) is 14.3. The zero-order chi connectivity index (χ0) is 15.5. The Bertz CT molecular complexity index is 855. The van der Waals surface area contributed by atoms with Gasteiger partial charge in [-0.15, -0.1) is 11.3 Å². The maximum absolute atomic E-state index is 12.1. The third kappa shape index (κ3) is 2.04. The Morgan fingerprint density at radius 2 is 2.18 bits per heavy atom. The third-order valence-electron chi connectivity index (χ3n) is 4.80. The van der Waals surface area contributed by atoms with Gasteiger partial charge in [-0.2, -0.15) is 0 Å². The van der Waals surface area contributed by atoms with Crippen LogP contribution in [0.4, 0.5) is 5.82 Å². The molecule has 2 aromatic rings. The van der Waals surface area contributed by atoms with Crippen LogP contribution in [-0.4, -0.2) is 35.7 Å². The Hall–Kier alpha value is -1.25. The lowest BCUT2D eigenvalue weighted by Crippen LogP contribution is -2.32. The summed E-state index contributed by atoms with van der Waals surface area (Å²) < 4.78 is 26.5. The maximum atomic E-state index is 12.1. The first-order valence-corrected chi connectivity index (χ1v) is 9.68. The fraction of sp³-hybridized carbons (Fsp3) is 0.571. The fourth-order valence-electron chi connectivity index (χ4n) is 3.21. The van der Waals surface area contributed by atoms with Crippen LogP contribution in [0.1, 0.15) is 29.7 Å². The summed E-state index contributed by atoms with van der Waals surface area (Å²) in [4.78, 5) is 10.9. The lowest BCUT2D eigenvalue weighted by Gasteiger charge is -2.12. The van der Waals surface area contributed by atoms with E-state index in [1.807, 2.05) is 0 Å². The van der Waals surface area contributed by atoms with E-state index in [-0.39, 0.29) is 6.04 Å². The number of hydrogen-bond acceptors (Lipinski definition) is 6. The maximum Gasteiger partial charge on any atom is 0.217 e. The molecule has 2 fully saturated rings. The zero-order valence-electron chi connectivity index (χ0n) is 12.5. The number of nitrogens with zero attached hydrogens (tertiary/aromatic N) is 2. The Kier molecular flexibility index (Phi) is 3.02. The van der Waals surface area contributed by atoms with E-state index in [0.29, 0.717) is 13.0 Å². The molecule has 0 bridgehead atoms. The molecule has 1 atom stereocenters. The van der Waals surface area contributed by atoms with Gasteiger partial charge in [0.1, 0.15) is 17.0 Å². The minimum Gasteiger partial charge on any atom is -0.368 e. The van der Waals surface area contributed by atoms with Crippen LogP contribution in [0.2, 0.25) is 0 Å². The van der Waals surface area contributed by atoms with E-state index in [0.717, 1.165) is 28.9 Å². The van der Waals surface area contributed by atoms with Gasteiger partial charge in [0.25, 0.3) is 0 Å². The molecule has 1 unspecified atom stereocenters. The predicted molar refractivity (Wildman–Crippen MR) is 87.8 cm³/mol. The Morgan fingerprint density at radius 3 is 2.86 bits per heavy atom. The average Bonchev–Trinajstić information content (AvgIpc) is 3.12. The quantitative estimate of drug-likeness (QED) is 0.893. The summed E-state index contributed by atoms with van der Waals surface area (Å²) in [7, 11) is -3.13. The topological polar surface area (TPSA) is 84.0 Å². The second-order valence-corrected chi connectivity index (χ2v) is 9.58. The second-order valence-electron chi connectivity index (χ2n) is 6.27. The molecule has 1 saturated heterocycles. The van der Waals surface area contributed by atoms with E-state index >= 15 is 0 Å². The highest BCUT2D eigenvalue weighted by molar-refractivity contribution is 7.91. The average molecular weight is 338 g/mol. The molecule has 2 aromatic heterocycles. The molecule has 3 heterocycles. The molecular formula is C14H18N4O2S2. The molecule has 2 aliphatic rings. The van der Waals surface area contributed by atoms with Crippen molar-refractivity contribution in [3.63, 3.8) is 0 Å². The van der Waals surface area contributed by atoms with E-state index in [1.54, 1.807) is 17.7 Å². The largest absolute Gasteiger partial charge is 0.368 e. The van der Waals surface area contributed by atoms with Gasteiger partial charge in [-0.05, 0) is 38.7 Å². The van der Waals surface area contributed by atoms with Crippen molar-refractivity contribution in [3.8, 4) is 0 Å². The number of fused-ring (bicyclic) bond motifs is 1. The summed E-state index contributed by atoms with van der Waals surface area (Å²) in [5, 5.41) is 4.36. The van der Waals surface area contributed by atoms with Gasteiger partial charge in [0.15, 0.2) is 0 Å². The van der Waals surface area contributed by atoms with Gasteiger partial charge in [-0.25, -0.2) is 23.1 Å². The Morgan fingerprint density at radius 1 is 1.41 bits per heavy atom. The van der Waals surface area contributed by atoms with Crippen LogP contribution in [0.5, 0.6) is 0 Å². The van der Waals surface area contributed by atoms with Crippen LogP contribution in [0.15, 0.2) is 6.33 Å². The summed E-state index contributed by atoms with van der Waals surface area (Å²) in [6, 6.07) is -0.0578. The summed E-state index contributed by atoms with van der Waals surface area (Å²) in [5.41, 5.74) is 1.19. The summed E-state index contributed by atoms with van der Waals surface area (Å²) in [6.07, 6.45) is 3.83. The molecule has 22 heavy (non-hydrogen) atoms. The van der Waals surface area contributed by atoms with Gasteiger partial charge in [0.05, 0.1) is 10.1 Å². The van der Waals surface area contributed by atoms with Gasteiger partial charge in [0.2, 0.25) is 10.0 Å². The molecule has 2 N–H and O–H groups in total. The van der Waals surface area contributed by atoms with Crippen molar-refractivity contribution in [3.05, 3.63) is 16.8 Å². The SMILES string of the molecule is Cc1sc2ncnc(NCC3CC4(CC4)S(=O)(=O)N3)c2c1C. The van der Waals surface area contributed by atoms with Gasteiger partial charge in [0, 0.05) is 17.5 Å². The van der Waals surface area contributed by atoms with Gasteiger partial charge in [-0.3, -0.25) is 0 Å². The van der Waals surface area contributed by atoms with Crippen LogP contribution in [-0.2, 0) is 10.0 Å².